The molecule has 2 aromatic rings. The normalized spacial score (nSPS) is 10.1. The van der Waals surface area contributed by atoms with Crippen molar-refractivity contribution in [3.05, 3.63) is 57.2 Å². The van der Waals surface area contributed by atoms with Crippen molar-refractivity contribution in [1.82, 2.24) is 4.98 Å². The molecule has 0 aliphatic rings. The lowest BCUT2D eigenvalue weighted by Crippen LogP contribution is -2.01. The van der Waals surface area contributed by atoms with Crippen molar-refractivity contribution in [2.75, 3.05) is 12.4 Å². The van der Waals surface area contributed by atoms with E-state index in [1.165, 1.54) is 12.1 Å². The van der Waals surface area contributed by atoms with Crippen molar-refractivity contribution < 1.29 is 9.66 Å². The molecule has 20 heavy (non-hydrogen) atoms. The van der Waals surface area contributed by atoms with Gasteiger partial charge in [-0.3, -0.25) is 10.1 Å². The number of rotatable bonds is 5. The van der Waals surface area contributed by atoms with Crippen LogP contribution >= 0.6 is 11.6 Å². The zero-order valence-electron chi connectivity index (χ0n) is 10.7. The van der Waals surface area contributed by atoms with Crippen LogP contribution < -0.4 is 10.1 Å². The van der Waals surface area contributed by atoms with E-state index < -0.39 is 4.92 Å². The molecule has 0 atom stereocenters. The number of ether oxygens (including phenoxy) is 1. The number of non-ortho nitro benzene ring substituents is 1. The van der Waals surface area contributed by atoms with Crippen molar-refractivity contribution in [2.24, 2.45) is 0 Å². The Kier molecular flexibility index (Phi) is 4.37. The highest BCUT2D eigenvalue weighted by atomic mass is 35.5. The molecule has 6 nitrogen and oxygen atoms in total. The van der Waals surface area contributed by atoms with Crippen LogP contribution in [0.4, 0.5) is 11.4 Å². The predicted octanol–water partition coefficient (Wildman–Crippen LogP) is 3.26. The summed E-state index contributed by atoms with van der Waals surface area (Å²) in [5.74, 6) is 0.544. The molecule has 1 aromatic carbocycles. The highest BCUT2D eigenvalue weighted by Gasteiger charge is 2.09. The summed E-state index contributed by atoms with van der Waals surface area (Å²) < 4.78 is 4.97. The summed E-state index contributed by atoms with van der Waals surface area (Å²) in [6, 6.07) is 7.93. The van der Waals surface area contributed by atoms with Crippen LogP contribution in [-0.4, -0.2) is 17.0 Å². The zero-order valence-corrected chi connectivity index (χ0v) is 11.4. The molecule has 0 aliphatic carbocycles. The fourth-order valence-corrected chi connectivity index (χ4v) is 1.84. The van der Waals surface area contributed by atoms with Crippen LogP contribution in [0.25, 0.3) is 0 Å². The SMILES string of the molecule is COc1ccc(CNc2ccc([N+](=O)[O-])cc2Cl)cn1. The summed E-state index contributed by atoms with van der Waals surface area (Å²) in [7, 11) is 1.55. The summed E-state index contributed by atoms with van der Waals surface area (Å²) in [6.45, 7) is 0.508. The standard InChI is InChI=1S/C13H12ClN3O3/c1-20-13-5-2-9(8-16-13)7-15-12-4-3-10(17(18)19)6-11(12)14/h2-6,8,15H,7H2,1H3. The molecule has 7 heteroatoms. The van der Waals surface area contributed by atoms with E-state index in [1.54, 1.807) is 25.4 Å². The summed E-state index contributed by atoms with van der Waals surface area (Å²) >= 11 is 5.98. The van der Waals surface area contributed by atoms with Crippen LogP contribution in [-0.2, 0) is 6.54 Å². The highest BCUT2D eigenvalue weighted by molar-refractivity contribution is 6.33. The van der Waals surface area contributed by atoms with Gasteiger partial charge in [0, 0.05) is 30.9 Å². The second-order valence-corrected chi connectivity index (χ2v) is 4.39. The number of methoxy groups -OCH3 is 1. The first kappa shape index (κ1) is 14.1. The average molecular weight is 294 g/mol. The van der Waals surface area contributed by atoms with Crippen molar-refractivity contribution in [2.45, 2.75) is 6.54 Å². The number of nitro groups is 1. The van der Waals surface area contributed by atoms with Crippen molar-refractivity contribution in [1.29, 1.82) is 0 Å². The maximum absolute atomic E-state index is 10.6. The van der Waals surface area contributed by atoms with Gasteiger partial charge in [0.05, 0.1) is 22.7 Å². The third-order valence-electron chi connectivity index (χ3n) is 2.65. The summed E-state index contributed by atoms with van der Waals surface area (Å²) in [5.41, 5.74) is 1.54. The topological polar surface area (TPSA) is 77.3 Å². The molecule has 0 aliphatic heterocycles. The second-order valence-electron chi connectivity index (χ2n) is 3.98. The van der Waals surface area contributed by atoms with Gasteiger partial charge in [-0.05, 0) is 11.6 Å². The second kappa shape index (κ2) is 6.21. The van der Waals surface area contributed by atoms with E-state index in [4.69, 9.17) is 16.3 Å². The molecule has 104 valence electrons. The lowest BCUT2D eigenvalue weighted by Gasteiger charge is -2.08. The third-order valence-corrected chi connectivity index (χ3v) is 2.97. The van der Waals surface area contributed by atoms with Gasteiger partial charge >= 0.3 is 0 Å². The van der Waals surface area contributed by atoms with E-state index in [0.29, 0.717) is 23.1 Å². The fraction of sp³-hybridized carbons (Fsp3) is 0.154. The number of nitro benzene ring substituents is 1. The number of hydrogen-bond donors (Lipinski definition) is 1. The largest absolute Gasteiger partial charge is 0.481 e. The quantitative estimate of drug-likeness (QED) is 0.676. The molecule has 0 radical (unpaired) electrons. The van der Waals surface area contributed by atoms with Crippen molar-refractivity contribution >= 4 is 23.0 Å². The number of nitrogens with one attached hydrogen (secondary N) is 1. The molecule has 1 heterocycles. The van der Waals surface area contributed by atoms with Gasteiger partial charge in [-0.2, -0.15) is 0 Å². The average Bonchev–Trinajstić information content (AvgIpc) is 2.46. The molecule has 0 bridgehead atoms. The van der Waals surface area contributed by atoms with Crippen molar-refractivity contribution in [3.63, 3.8) is 0 Å². The van der Waals surface area contributed by atoms with Gasteiger partial charge in [-0.1, -0.05) is 17.7 Å². The molecule has 0 fully saturated rings. The number of nitrogens with zero attached hydrogens (tertiary/aromatic N) is 2. The summed E-state index contributed by atoms with van der Waals surface area (Å²) in [5, 5.41) is 14.0. The van der Waals surface area contributed by atoms with E-state index in [-0.39, 0.29) is 5.69 Å². The third kappa shape index (κ3) is 3.36. The Labute approximate surface area is 120 Å². The van der Waals surface area contributed by atoms with Gasteiger partial charge in [0.15, 0.2) is 0 Å². The molecule has 0 unspecified atom stereocenters. The molecule has 0 spiro atoms. The van der Waals surface area contributed by atoms with Gasteiger partial charge in [0.1, 0.15) is 0 Å². The smallest absolute Gasteiger partial charge is 0.271 e. The van der Waals surface area contributed by atoms with Gasteiger partial charge in [-0.25, -0.2) is 4.98 Å². The van der Waals surface area contributed by atoms with Crippen LogP contribution in [0.3, 0.4) is 0 Å². The van der Waals surface area contributed by atoms with Crippen LogP contribution in [0.15, 0.2) is 36.5 Å². The van der Waals surface area contributed by atoms with E-state index in [1.807, 2.05) is 6.07 Å². The van der Waals surface area contributed by atoms with Crippen LogP contribution in [0.5, 0.6) is 5.88 Å². The number of anilines is 1. The molecular weight excluding hydrogens is 282 g/mol. The molecule has 0 saturated carbocycles. The Morgan fingerprint density at radius 3 is 2.75 bits per heavy atom. The molecule has 1 N–H and O–H groups in total. The maximum Gasteiger partial charge on any atom is 0.271 e. The zero-order chi connectivity index (χ0) is 14.5. The van der Waals surface area contributed by atoms with E-state index in [0.717, 1.165) is 5.56 Å². The van der Waals surface area contributed by atoms with E-state index in [2.05, 4.69) is 10.3 Å². The van der Waals surface area contributed by atoms with Gasteiger partial charge < -0.3 is 10.1 Å². The number of hydrogen-bond acceptors (Lipinski definition) is 5. The van der Waals surface area contributed by atoms with Crippen molar-refractivity contribution in [3.8, 4) is 5.88 Å². The highest BCUT2D eigenvalue weighted by Crippen LogP contribution is 2.27. The number of aromatic nitrogens is 1. The summed E-state index contributed by atoms with van der Waals surface area (Å²) in [4.78, 5) is 14.2. The van der Waals surface area contributed by atoms with Gasteiger partial charge in [-0.15, -0.1) is 0 Å². The first-order valence-electron chi connectivity index (χ1n) is 5.77. The molecule has 2 rings (SSSR count). The number of pyridine rings is 1. The molecule has 0 amide bonds. The molecule has 1 aromatic heterocycles. The predicted molar refractivity (Wildman–Crippen MR) is 76.2 cm³/mol. The lowest BCUT2D eigenvalue weighted by molar-refractivity contribution is -0.384. The maximum atomic E-state index is 10.6. The van der Waals surface area contributed by atoms with Crippen LogP contribution in [0.1, 0.15) is 5.56 Å². The number of halogens is 1. The minimum Gasteiger partial charge on any atom is -0.481 e. The van der Waals surface area contributed by atoms with Crippen LogP contribution in [0.2, 0.25) is 5.02 Å². The summed E-state index contributed by atoms with van der Waals surface area (Å²) in [6.07, 6.45) is 1.69. The lowest BCUT2D eigenvalue weighted by atomic mass is 10.2. The first-order valence-corrected chi connectivity index (χ1v) is 6.14. The van der Waals surface area contributed by atoms with Gasteiger partial charge in [0.25, 0.3) is 5.69 Å². The van der Waals surface area contributed by atoms with E-state index >= 15 is 0 Å². The molecular formula is C13H12ClN3O3. The van der Waals surface area contributed by atoms with Crippen LogP contribution in [0, 0.1) is 10.1 Å². The van der Waals surface area contributed by atoms with E-state index in [9.17, 15) is 10.1 Å². The first-order chi connectivity index (χ1) is 9.60. The Morgan fingerprint density at radius 1 is 1.40 bits per heavy atom. The Hall–Kier alpha value is -2.34. The minimum absolute atomic E-state index is 0.0355. The Balaban J connectivity index is 2.04. The van der Waals surface area contributed by atoms with Gasteiger partial charge in [0.2, 0.25) is 5.88 Å². The Morgan fingerprint density at radius 2 is 2.20 bits per heavy atom. The minimum atomic E-state index is -0.483. The number of benzene rings is 1. The Bertz CT molecular complexity index is 617. The monoisotopic (exact) mass is 293 g/mol. The molecule has 0 saturated heterocycles. The fourth-order valence-electron chi connectivity index (χ4n) is 1.59.